The number of nitrogens with zero attached hydrogens (tertiary/aromatic N) is 1. The molecule has 0 unspecified atom stereocenters. The zero-order chi connectivity index (χ0) is 22.2. The molecule has 0 bridgehead atoms. The van der Waals surface area contributed by atoms with Crippen LogP contribution in [0.5, 0.6) is 11.5 Å². The lowest BCUT2D eigenvalue weighted by Crippen LogP contribution is -2.46. The molecule has 31 heavy (non-hydrogen) atoms. The second-order valence-electron chi connectivity index (χ2n) is 7.97. The SMILES string of the molecule is COc1cc(C(=O)NC2CCN(CC(=O)Nc3ccccc3)CC2)ccc1OC(C)C. The van der Waals surface area contributed by atoms with Crippen molar-refractivity contribution in [3.05, 3.63) is 54.1 Å². The Morgan fingerprint density at radius 3 is 2.42 bits per heavy atom. The Labute approximate surface area is 183 Å². The molecular weight excluding hydrogens is 394 g/mol. The Morgan fingerprint density at radius 1 is 1.06 bits per heavy atom. The number of amides is 2. The lowest BCUT2D eigenvalue weighted by Gasteiger charge is -2.31. The number of benzene rings is 2. The molecule has 1 saturated heterocycles. The first-order chi connectivity index (χ1) is 14.9. The molecule has 0 atom stereocenters. The fraction of sp³-hybridized carbons (Fsp3) is 0.417. The van der Waals surface area contributed by atoms with Crippen LogP contribution in [0.25, 0.3) is 0 Å². The summed E-state index contributed by atoms with van der Waals surface area (Å²) in [6.45, 7) is 5.76. The lowest BCUT2D eigenvalue weighted by atomic mass is 10.0. The molecule has 2 aromatic carbocycles. The van der Waals surface area contributed by atoms with Gasteiger partial charge in [0.2, 0.25) is 5.91 Å². The summed E-state index contributed by atoms with van der Waals surface area (Å²) in [7, 11) is 1.56. The summed E-state index contributed by atoms with van der Waals surface area (Å²) in [4.78, 5) is 27.0. The normalized spacial score (nSPS) is 14.8. The van der Waals surface area contributed by atoms with Crippen molar-refractivity contribution in [2.75, 3.05) is 32.1 Å². The maximum Gasteiger partial charge on any atom is 0.251 e. The molecule has 7 nitrogen and oxygen atoms in total. The van der Waals surface area contributed by atoms with Crippen LogP contribution in [0.15, 0.2) is 48.5 Å². The largest absolute Gasteiger partial charge is 0.493 e. The molecule has 2 N–H and O–H groups in total. The molecule has 2 aromatic rings. The van der Waals surface area contributed by atoms with E-state index in [1.807, 2.05) is 44.2 Å². The van der Waals surface area contributed by atoms with Crippen LogP contribution in [0.2, 0.25) is 0 Å². The van der Waals surface area contributed by atoms with Gasteiger partial charge in [-0.25, -0.2) is 0 Å². The minimum absolute atomic E-state index is 0.0218. The molecule has 1 fully saturated rings. The van der Waals surface area contributed by atoms with Crippen molar-refractivity contribution in [1.29, 1.82) is 0 Å². The topological polar surface area (TPSA) is 79.9 Å². The van der Waals surface area contributed by atoms with E-state index in [0.717, 1.165) is 31.6 Å². The van der Waals surface area contributed by atoms with Crippen molar-refractivity contribution in [3.63, 3.8) is 0 Å². The molecule has 0 spiro atoms. The molecule has 166 valence electrons. The van der Waals surface area contributed by atoms with E-state index in [2.05, 4.69) is 15.5 Å². The van der Waals surface area contributed by atoms with Crippen LogP contribution in [-0.2, 0) is 4.79 Å². The molecule has 1 aliphatic rings. The number of nitrogens with one attached hydrogen (secondary N) is 2. The number of para-hydroxylation sites is 1. The molecule has 3 rings (SSSR count). The molecule has 1 heterocycles. The molecular formula is C24H31N3O4. The zero-order valence-corrected chi connectivity index (χ0v) is 18.4. The number of carbonyl (C=O) groups excluding carboxylic acids is 2. The summed E-state index contributed by atoms with van der Waals surface area (Å²) in [5.41, 5.74) is 1.34. The van der Waals surface area contributed by atoms with E-state index in [0.29, 0.717) is 23.6 Å². The van der Waals surface area contributed by atoms with Crippen molar-refractivity contribution in [2.45, 2.75) is 38.8 Å². The third kappa shape index (κ3) is 6.72. The van der Waals surface area contributed by atoms with Crippen LogP contribution >= 0.6 is 0 Å². The van der Waals surface area contributed by atoms with E-state index in [4.69, 9.17) is 9.47 Å². The van der Waals surface area contributed by atoms with Crippen molar-refractivity contribution >= 4 is 17.5 Å². The number of rotatable bonds is 8. The number of ether oxygens (including phenoxy) is 2. The summed E-state index contributed by atoms with van der Waals surface area (Å²) in [5, 5.41) is 6.01. The minimum atomic E-state index is -0.130. The average Bonchev–Trinajstić information content (AvgIpc) is 2.75. The van der Waals surface area contributed by atoms with Crippen LogP contribution in [0.4, 0.5) is 5.69 Å². The number of hydrogen-bond acceptors (Lipinski definition) is 5. The summed E-state index contributed by atoms with van der Waals surface area (Å²) in [6.07, 6.45) is 1.63. The summed E-state index contributed by atoms with van der Waals surface area (Å²) >= 11 is 0. The third-order valence-electron chi connectivity index (χ3n) is 5.14. The molecule has 1 aliphatic heterocycles. The molecule has 2 amide bonds. The number of hydrogen-bond donors (Lipinski definition) is 2. The number of carbonyl (C=O) groups is 2. The highest BCUT2D eigenvalue weighted by molar-refractivity contribution is 5.95. The Morgan fingerprint density at radius 2 is 1.77 bits per heavy atom. The van der Waals surface area contributed by atoms with Gasteiger partial charge in [-0.05, 0) is 57.0 Å². The van der Waals surface area contributed by atoms with Gasteiger partial charge in [-0.2, -0.15) is 0 Å². The summed E-state index contributed by atoms with van der Waals surface area (Å²) in [5.74, 6) is 1.01. The first kappa shape index (κ1) is 22.6. The Balaban J connectivity index is 1.47. The molecule has 0 saturated carbocycles. The summed E-state index contributed by atoms with van der Waals surface area (Å²) < 4.78 is 11.1. The van der Waals surface area contributed by atoms with Crippen molar-refractivity contribution in [1.82, 2.24) is 10.2 Å². The van der Waals surface area contributed by atoms with E-state index in [1.54, 1.807) is 25.3 Å². The first-order valence-electron chi connectivity index (χ1n) is 10.7. The van der Waals surface area contributed by atoms with Gasteiger partial charge in [0, 0.05) is 30.4 Å². The predicted octanol–water partition coefficient (Wildman–Crippen LogP) is 3.32. The number of piperidine rings is 1. The fourth-order valence-electron chi connectivity index (χ4n) is 3.59. The van der Waals surface area contributed by atoms with Gasteiger partial charge < -0.3 is 20.1 Å². The van der Waals surface area contributed by atoms with Gasteiger partial charge in [-0.15, -0.1) is 0 Å². The van der Waals surface area contributed by atoms with E-state index in [9.17, 15) is 9.59 Å². The van der Waals surface area contributed by atoms with E-state index in [-0.39, 0.29) is 24.0 Å². The van der Waals surface area contributed by atoms with Crippen LogP contribution in [0, 0.1) is 0 Å². The fourth-order valence-corrected chi connectivity index (χ4v) is 3.59. The van der Waals surface area contributed by atoms with Crippen LogP contribution in [0.3, 0.4) is 0 Å². The maximum atomic E-state index is 12.7. The van der Waals surface area contributed by atoms with Crippen LogP contribution < -0.4 is 20.1 Å². The highest BCUT2D eigenvalue weighted by Gasteiger charge is 2.23. The van der Waals surface area contributed by atoms with Gasteiger partial charge in [0.25, 0.3) is 5.91 Å². The number of methoxy groups -OCH3 is 1. The van der Waals surface area contributed by atoms with Crippen LogP contribution in [-0.4, -0.2) is 55.6 Å². The minimum Gasteiger partial charge on any atom is -0.493 e. The lowest BCUT2D eigenvalue weighted by molar-refractivity contribution is -0.117. The average molecular weight is 426 g/mol. The number of anilines is 1. The monoisotopic (exact) mass is 425 g/mol. The Hall–Kier alpha value is -3.06. The molecule has 0 radical (unpaired) electrons. The summed E-state index contributed by atoms with van der Waals surface area (Å²) in [6, 6.07) is 14.7. The Kier molecular flexibility index (Phi) is 7.89. The number of likely N-dealkylation sites (tertiary alicyclic amines) is 1. The van der Waals surface area contributed by atoms with Gasteiger partial charge in [-0.3, -0.25) is 14.5 Å². The quantitative estimate of drug-likeness (QED) is 0.678. The van der Waals surface area contributed by atoms with Crippen LogP contribution in [0.1, 0.15) is 37.0 Å². The van der Waals surface area contributed by atoms with Gasteiger partial charge in [0.1, 0.15) is 0 Å². The second kappa shape index (κ2) is 10.8. The van der Waals surface area contributed by atoms with Crippen molar-refractivity contribution in [3.8, 4) is 11.5 Å². The molecule has 7 heteroatoms. The van der Waals surface area contributed by atoms with Gasteiger partial charge in [0.15, 0.2) is 11.5 Å². The smallest absolute Gasteiger partial charge is 0.251 e. The second-order valence-corrected chi connectivity index (χ2v) is 7.97. The zero-order valence-electron chi connectivity index (χ0n) is 18.4. The third-order valence-corrected chi connectivity index (χ3v) is 5.14. The molecule has 0 aromatic heterocycles. The molecule has 0 aliphatic carbocycles. The van der Waals surface area contributed by atoms with Gasteiger partial charge in [-0.1, -0.05) is 18.2 Å². The highest BCUT2D eigenvalue weighted by Crippen LogP contribution is 2.29. The van der Waals surface area contributed by atoms with E-state index >= 15 is 0 Å². The Bertz CT molecular complexity index is 878. The van der Waals surface area contributed by atoms with Crippen molar-refractivity contribution in [2.24, 2.45) is 0 Å². The van der Waals surface area contributed by atoms with Crippen molar-refractivity contribution < 1.29 is 19.1 Å². The standard InChI is InChI=1S/C24H31N3O4/c1-17(2)31-21-10-9-18(15-22(21)30-3)24(29)26-20-11-13-27(14-12-20)16-23(28)25-19-7-5-4-6-8-19/h4-10,15,17,20H,11-14,16H2,1-3H3,(H,25,28)(H,26,29). The van der Waals surface area contributed by atoms with Gasteiger partial charge >= 0.3 is 0 Å². The predicted molar refractivity (Wildman–Crippen MR) is 121 cm³/mol. The maximum absolute atomic E-state index is 12.7. The van der Waals surface area contributed by atoms with Gasteiger partial charge in [0.05, 0.1) is 19.8 Å². The van der Waals surface area contributed by atoms with E-state index < -0.39 is 0 Å². The highest BCUT2D eigenvalue weighted by atomic mass is 16.5. The first-order valence-corrected chi connectivity index (χ1v) is 10.7. The van der Waals surface area contributed by atoms with E-state index in [1.165, 1.54) is 0 Å².